The van der Waals surface area contributed by atoms with Gasteiger partial charge in [-0.2, -0.15) is 0 Å². The van der Waals surface area contributed by atoms with E-state index in [-0.39, 0.29) is 0 Å². The molecule has 3 heteroatoms. The van der Waals surface area contributed by atoms with Crippen LogP contribution in [-0.4, -0.2) is 62.2 Å². The maximum atomic E-state index is 3.58. The Morgan fingerprint density at radius 2 is 1.78 bits per heavy atom. The van der Waals surface area contributed by atoms with Gasteiger partial charge in [-0.15, -0.1) is 0 Å². The maximum Gasteiger partial charge on any atom is 0.0107 e. The normalized spacial score (nSPS) is 18.7. The van der Waals surface area contributed by atoms with Crippen LogP contribution in [0.25, 0.3) is 0 Å². The lowest BCUT2D eigenvalue weighted by Crippen LogP contribution is -2.38. The molecule has 1 rings (SSSR count). The third-order valence-corrected chi connectivity index (χ3v) is 4.20. The molecule has 1 fully saturated rings. The van der Waals surface area contributed by atoms with Crippen molar-refractivity contribution in [2.45, 2.75) is 40.0 Å². The van der Waals surface area contributed by atoms with Gasteiger partial charge in [-0.25, -0.2) is 0 Å². The van der Waals surface area contributed by atoms with E-state index in [4.69, 9.17) is 0 Å². The van der Waals surface area contributed by atoms with Gasteiger partial charge in [0.15, 0.2) is 0 Å². The zero-order chi connectivity index (χ0) is 13.2. The number of hydrogen-bond donors (Lipinski definition) is 1. The highest BCUT2D eigenvalue weighted by molar-refractivity contribution is 4.69. The zero-order valence-corrected chi connectivity index (χ0v) is 12.7. The van der Waals surface area contributed by atoms with Crippen molar-refractivity contribution in [2.75, 3.05) is 52.4 Å². The van der Waals surface area contributed by atoms with Crippen LogP contribution in [0.3, 0.4) is 0 Å². The molecule has 1 saturated heterocycles. The fraction of sp³-hybridized carbons (Fsp3) is 1.00. The summed E-state index contributed by atoms with van der Waals surface area (Å²) in [5, 5.41) is 3.58. The number of likely N-dealkylation sites (tertiary alicyclic amines) is 1. The summed E-state index contributed by atoms with van der Waals surface area (Å²) in [5.41, 5.74) is 0. The van der Waals surface area contributed by atoms with Crippen LogP contribution in [0.4, 0.5) is 0 Å². The molecule has 0 aromatic rings. The Balaban J connectivity index is 1.89. The van der Waals surface area contributed by atoms with Gasteiger partial charge in [-0.05, 0) is 64.4 Å². The molecule has 0 aliphatic carbocycles. The summed E-state index contributed by atoms with van der Waals surface area (Å²) in [6, 6.07) is 0. The molecule has 108 valence electrons. The first-order chi connectivity index (χ1) is 8.76. The van der Waals surface area contributed by atoms with E-state index in [1.807, 2.05) is 0 Å². The van der Waals surface area contributed by atoms with Crippen molar-refractivity contribution < 1.29 is 0 Å². The second-order valence-electron chi connectivity index (χ2n) is 5.65. The Labute approximate surface area is 114 Å². The summed E-state index contributed by atoms with van der Waals surface area (Å²) in [6.07, 6.45) is 4.06. The van der Waals surface area contributed by atoms with E-state index in [0.29, 0.717) is 0 Å². The van der Waals surface area contributed by atoms with E-state index in [2.05, 4.69) is 35.9 Å². The van der Waals surface area contributed by atoms with E-state index < -0.39 is 0 Å². The van der Waals surface area contributed by atoms with Crippen LogP contribution in [0.15, 0.2) is 0 Å². The monoisotopic (exact) mass is 255 g/mol. The quantitative estimate of drug-likeness (QED) is 0.636. The maximum absolute atomic E-state index is 3.58. The fourth-order valence-corrected chi connectivity index (χ4v) is 2.62. The molecule has 0 bridgehead atoms. The minimum atomic E-state index is 0.947. The molecule has 1 N–H and O–H groups in total. The molecule has 0 unspecified atom stereocenters. The van der Waals surface area contributed by atoms with Gasteiger partial charge in [0.05, 0.1) is 0 Å². The largest absolute Gasteiger partial charge is 0.315 e. The first kappa shape index (κ1) is 15.9. The minimum Gasteiger partial charge on any atom is -0.315 e. The second kappa shape index (κ2) is 9.76. The van der Waals surface area contributed by atoms with Gasteiger partial charge in [-0.1, -0.05) is 20.8 Å². The Kier molecular flexibility index (Phi) is 8.64. The molecule has 0 amide bonds. The lowest BCUT2D eigenvalue weighted by molar-refractivity contribution is 0.192. The van der Waals surface area contributed by atoms with Crippen molar-refractivity contribution >= 4 is 0 Å². The molecule has 0 aromatic carbocycles. The summed E-state index contributed by atoms with van der Waals surface area (Å²) >= 11 is 0. The van der Waals surface area contributed by atoms with E-state index >= 15 is 0 Å². The minimum absolute atomic E-state index is 0.947. The van der Waals surface area contributed by atoms with Crippen LogP contribution in [0.1, 0.15) is 40.0 Å². The van der Waals surface area contributed by atoms with Crippen LogP contribution in [0.5, 0.6) is 0 Å². The predicted octanol–water partition coefficient (Wildman–Crippen LogP) is 2.04. The topological polar surface area (TPSA) is 18.5 Å². The lowest BCUT2D eigenvalue weighted by atomic mass is 9.99. The molecule has 0 atom stereocenters. The summed E-state index contributed by atoms with van der Waals surface area (Å²) in [4.78, 5) is 5.10. The first-order valence-electron chi connectivity index (χ1n) is 7.91. The van der Waals surface area contributed by atoms with E-state index in [9.17, 15) is 0 Å². The lowest BCUT2D eigenvalue weighted by Gasteiger charge is -2.30. The Hall–Kier alpha value is -0.120. The van der Waals surface area contributed by atoms with Crippen LogP contribution < -0.4 is 5.32 Å². The van der Waals surface area contributed by atoms with Gasteiger partial charge in [0.1, 0.15) is 0 Å². The van der Waals surface area contributed by atoms with Gasteiger partial charge < -0.3 is 15.1 Å². The van der Waals surface area contributed by atoms with Crippen molar-refractivity contribution in [2.24, 2.45) is 5.92 Å². The Morgan fingerprint density at radius 3 is 2.39 bits per heavy atom. The molecule has 3 nitrogen and oxygen atoms in total. The fourth-order valence-electron chi connectivity index (χ4n) is 2.62. The molecule has 1 aliphatic heterocycles. The predicted molar refractivity (Wildman–Crippen MR) is 80.1 cm³/mol. The molecule has 0 spiro atoms. The van der Waals surface area contributed by atoms with E-state index in [1.165, 1.54) is 65.1 Å². The second-order valence-corrected chi connectivity index (χ2v) is 5.65. The number of hydrogen-bond acceptors (Lipinski definition) is 3. The summed E-state index contributed by atoms with van der Waals surface area (Å²) < 4.78 is 0. The molecule has 1 aliphatic rings. The highest BCUT2D eigenvalue weighted by Crippen LogP contribution is 2.14. The smallest absolute Gasteiger partial charge is 0.0107 e. The van der Waals surface area contributed by atoms with Crippen molar-refractivity contribution in [3.05, 3.63) is 0 Å². The molecular weight excluding hydrogens is 222 g/mol. The number of piperidine rings is 1. The summed E-state index contributed by atoms with van der Waals surface area (Å²) in [7, 11) is 0. The zero-order valence-electron chi connectivity index (χ0n) is 12.7. The number of nitrogens with zero attached hydrogens (tertiary/aromatic N) is 2. The van der Waals surface area contributed by atoms with Crippen LogP contribution >= 0.6 is 0 Å². The average molecular weight is 255 g/mol. The van der Waals surface area contributed by atoms with E-state index in [0.717, 1.165) is 12.5 Å². The van der Waals surface area contributed by atoms with Crippen molar-refractivity contribution in [3.63, 3.8) is 0 Å². The Bertz CT molecular complexity index is 184. The molecule has 0 saturated carbocycles. The SMILES string of the molecule is CCN(CC)CCCNCCN1CCC(C)CC1. The van der Waals surface area contributed by atoms with E-state index in [1.54, 1.807) is 0 Å². The average Bonchev–Trinajstić information content (AvgIpc) is 2.40. The third kappa shape index (κ3) is 6.72. The summed E-state index contributed by atoms with van der Waals surface area (Å²) in [5.74, 6) is 0.947. The third-order valence-electron chi connectivity index (χ3n) is 4.20. The van der Waals surface area contributed by atoms with Gasteiger partial charge in [0.2, 0.25) is 0 Å². The molecule has 18 heavy (non-hydrogen) atoms. The van der Waals surface area contributed by atoms with Crippen molar-refractivity contribution in [1.29, 1.82) is 0 Å². The summed E-state index contributed by atoms with van der Waals surface area (Å²) in [6.45, 7) is 16.6. The number of rotatable bonds is 9. The van der Waals surface area contributed by atoms with Crippen LogP contribution in [0, 0.1) is 5.92 Å². The first-order valence-corrected chi connectivity index (χ1v) is 7.91. The highest BCUT2D eigenvalue weighted by atomic mass is 15.1. The molecule has 0 aromatic heterocycles. The highest BCUT2D eigenvalue weighted by Gasteiger charge is 2.14. The van der Waals surface area contributed by atoms with Gasteiger partial charge in [0.25, 0.3) is 0 Å². The van der Waals surface area contributed by atoms with Crippen molar-refractivity contribution in [3.8, 4) is 0 Å². The van der Waals surface area contributed by atoms with Crippen LogP contribution in [0.2, 0.25) is 0 Å². The molecule has 0 radical (unpaired) electrons. The van der Waals surface area contributed by atoms with Crippen molar-refractivity contribution in [1.82, 2.24) is 15.1 Å². The number of nitrogens with one attached hydrogen (secondary N) is 1. The van der Waals surface area contributed by atoms with Gasteiger partial charge in [-0.3, -0.25) is 0 Å². The Morgan fingerprint density at radius 1 is 1.11 bits per heavy atom. The molecule has 1 heterocycles. The standard InChI is InChI=1S/C15H33N3/c1-4-17(5-2)11-6-9-16-10-14-18-12-7-15(3)8-13-18/h15-16H,4-14H2,1-3H3. The van der Waals surface area contributed by atoms with Gasteiger partial charge >= 0.3 is 0 Å². The molecular formula is C15H33N3. The van der Waals surface area contributed by atoms with Gasteiger partial charge in [0, 0.05) is 13.1 Å². The van der Waals surface area contributed by atoms with Crippen LogP contribution in [-0.2, 0) is 0 Å².